The third-order valence-electron chi connectivity index (χ3n) is 9.14. The van der Waals surface area contributed by atoms with Crippen LogP contribution >= 0.6 is 0 Å². The number of benzene rings is 3. The van der Waals surface area contributed by atoms with Crippen molar-refractivity contribution in [2.24, 2.45) is 0 Å². The molecule has 0 saturated heterocycles. The zero-order chi connectivity index (χ0) is 31.3. The molecule has 2 amide bonds. The molecule has 1 aliphatic carbocycles. The first-order valence-corrected chi connectivity index (χ1v) is 16.0. The summed E-state index contributed by atoms with van der Waals surface area (Å²) in [6.45, 7) is 11.5. The number of urea groups is 1. The highest BCUT2D eigenvalue weighted by atomic mass is 16.2. The Kier molecular flexibility index (Phi) is 7.19. The molecule has 7 rings (SSSR count). The number of nitrogens with zero attached hydrogens (tertiary/aromatic N) is 4. The Hall–Kier alpha value is -4.91. The Morgan fingerprint density at radius 1 is 0.933 bits per heavy atom. The molecule has 0 fully saturated rings. The van der Waals surface area contributed by atoms with Gasteiger partial charge >= 0.3 is 6.03 Å². The van der Waals surface area contributed by atoms with Crippen LogP contribution in [0.4, 0.5) is 22.0 Å². The number of fused-ring (bicyclic) bond motifs is 4. The summed E-state index contributed by atoms with van der Waals surface area (Å²) in [5.41, 5.74) is 10.0. The van der Waals surface area contributed by atoms with E-state index in [1.54, 1.807) is 10.9 Å². The van der Waals surface area contributed by atoms with E-state index in [2.05, 4.69) is 103 Å². The van der Waals surface area contributed by atoms with Gasteiger partial charge in [-0.05, 0) is 79.5 Å². The molecule has 1 aliphatic heterocycles. The molecule has 0 saturated carbocycles. The SMILES string of the molecule is CCN1c2ccccc2C2=C(c3ccc(NC(=O)Nc4cc(C(C)(C)C)nn4-c4ccc(C)nc4)c4ccccc34)CCCC21. The van der Waals surface area contributed by atoms with Gasteiger partial charge in [0.2, 0.25) is 0 Å². The van der Waals surface area contributed by atoms with Crippen LogP contribution in [-0.2, 0) is 5.41 Å². The zero-order valence-electron chi connectivity index (χ0n) is 26.7. The van der Waals surface area contributed by atoms with Crippen molar-refractivity contribution in [1.29, 1.82) is 0 Å². The number of allylic oxidation sites excluding steroid dienone is 1. The number of hydrogen-bond acceptors (Lipinski definition) is 4. The molecule has 45 heavy (non-hydrogen) atoms. The minimum absolute atomic E-state index is 0.190. The lowest BCUT2D eigenvalue weighted by Gasteiger charge is -2.31. The maximum atomic E-state index is 13.6. The van der Waals surface area contributed by atoms with Crippen molar-refractivity contribution < 1.29 is 4.79 Å². The van der Waals surface area contributed by atoms with Gasteiger partial charge in [0.25, 0.3) is 0 Å². The van der Waals surface area contributed by atoms with Crippen molar-refractivity contribution in [2.45, 2.75) is 65.3 Å². The van der Waals surface area contributed by atoms with Crippen LogP contribution in [0, 0.1) is 6.92 Å². The molecule has 3 heterocycles. The molecule has 7 heteroatoms. The maximum Gasteiger partial charge on any atom is 0.324 e. The number of aryl methyl sites for hydroxylation is 1. The van der Waals surface area contributed by atoms with Crippen LogP contribution in [-0.4, -0.2) is 33.4 Å². The molecule has 5 aromatic rings. The number of rotatable bonds is 5. The quantitative estimate of drug-likeness (QED) is 0.212. The number of carbonyl (C=O) groups is 1. The molecule has 228 valence electrons. The number of aromatic nitrogens is 3. The molecule has 2 aromatic heterocycles. The molecule has 0 bridgehead atoms. The van der Waals surface area contributed by atoms with Crippen LogP contribution < -0.4 is 15.5 Å². The van der Waals surface area contributed by atoms with Crippen LogP contribution in [0.15, 0.2) is 85.1 Å². The fourth-order valence-electron chi connectivity index (χ4n) is 6.96. The number of para-hydroxylation sites is 1. The van der Waals surface area contributed by atoms with E-state index in [1.165, 1.54) is 34.4 Å². The Morgan fingerprint density at radius 3 is 2.47 bits per heavy atom. The average Bonchev–Trinajstić information content (AvgIpc) is 3.61. The molecule has 1 unspecified atom stereocenters. The number of carbonyl (C=O) groups excluding carboxylic acids is 1. The summed E-state index contributed by atoms with van der Waals surface area (Å²) in [7, 11) is 0. The van der Waals surface area contributed by atoms with Crippen molar-refractivity contribution in [3.05, 3.63) is 108 Å². The van der Waals surface area contributed by atoms with E-state index >= 15 is 0 Å². The van der Waals surface area contributed by atoms with Crippen molar-refractivity contribution in [3.63, 3.8) is 0 Å². The normalized spacial score (nSPS) is 16.1. The Labute approximate surface area is 265 Å². The van der Waals surface area contributed by atoms with Gasteiger partial charge < -0.3 is 10.2 Å². The van der Waals surface area contributed by atoms with E-state index in [0.717, 1.165) is 52.9 Å². The summed E-state index contributed by atoms with van der Waals surface area (Å²) in [5.74, 6) is 0.588. The summed E-state index contributed by atoms with van der Waals surface area (Å²) in [4.78, 5) is 20.6. The van der Waals surface area contributed by atoms with E-state index in [-0.39, 0.29) is 11.4 Å². The highest BCUT2D eigenvalue weighted by molar-refractivity contribution is 6.12. The molecule has 3 aromatic carbocycles. The number of nitrogens with one attached hydrogen (secondary N) is 2. The van der Waals surface area contributed by atoms with E-state index in [0.29, 0.717) is 11.9 Å². The van der Waals surface area contributed by atoms with Gasteiger partial charge in [-0.15, -0.1) is 0 Å². The summed E-state index contributed by atoms with van der Waals surface area (Å²) >= 11 is 0. The molecular weight excluding hydrogens is 556 g/mol. The Balaban J connectivity index is 1.24. The van der Waals surface area contributed by atoms with Crippen molar-refractivity contribution in [1.82, 2.24) is 14.8 Å². The molecule has 0 spiro atoms. The number of hydrogen-bond donors (Lipinski definition) is 2. The van der Waals surface area contributed by atoms with Crippen molar-refractivity contribution >= 4 is 45.1 Å². The number of likely N-dealkylation sites (N-methyl/N-ethyl adjacent to an activating group) is 1. The van der Waals surface area contributed by atoms with Crippen LogP contribution in [0.5, 0.6) is 0 Å². The summed E-state index contributed by atoms with van der Waals surface area (Å²) < 4.78 is 1.75. The second-order valence-electron chi connectivity index (χ2n) is 13.1. The van der Waals surface area contributed by atoms with Crippen LogP contribution in [0.3, 0.4) is 0 Å². The molecule has 1 atom stereocenters. The van der Waals surface area contributed by atoms with E-state index in [9.17, 15) is 4.79 Å². The summed E-state index contributed by atoms with van der Waals surface area (Å²) in [6.07, 6.45) is 5.15. The fourth-order valence-corrected chi connectivity index (χ4v) is 6.96. The number of anilines is 3. The Morgan fingerprint density at radius 2 is 1.71 bits per heavy atom. The van der Waals surface area contributed by atoms with Crippen LogP contribution in [0.2, 0.25) is 0 Å². The number of amides is 2. The van der Waals surface area contributed by atoms with Gasteiger partial charge in [0.15, 0.2) is 0 Å². The fraction of sp³-hybridized carbons (Fsp3) is 0.289. The highest BCUT2D eigenvalue weighted by Crippen LogP contribution is 2.50. The van der Waals surface area contributed by atoms with Gasteiger partial charge in [0.1, 0.15) is 5.82 Å². The third kappa shape index (κ3) is 5.16. The smallest absolute Gasteiger partial charge is 0.324 e. The van der Waals surface area contributed by atoms with Gasteiger partial charge in [-0.2, -0.15) is 5.10 Å². The molecule has 2 aliphatic rings. The van der Waals surface area contributed by atoms with Gasteiger partial charge in [-0.1, -0.05) is 69.3 Å². The van der Waals surface area contributed by atoms with Crippen LogP contribution in [0.25, 0.3) is 27.6 Å². The standard InChI is InChI=1S/C38H40N6O/c1-6-43-32-16-10-9-14-30(32)36-29(15-11-17-33(36)43)27-20-21-31(28-13-8-7-12-26(27)28)40-37(45)41-35-22-34(38(3,4)5)42-44(35)25-19-18-24(2)39-23-25/h7-10,12-14,16,18-23,33H,6,11,15,17H2,1-5H3,(H2,40,41,45). The first kappa shape index (κ1) is 28.8. The monoisotopic (exact) mass is 596 g/mol. The second kappa shape index (κ2) is 11.2. The first-order chi connectivity index (χ1) is 21.7. The predicted octanol–water partition coefficient (Wildman–Crippen LogP) is 8.97. The third-order valence-corrected chi connectivity index (χ3v) is 9.14. The summed E-state index contributed by atoms with van der Waals surface area (Å²) in [5, 5.41) is 13.2. The zero-order valence-corrected chi connectivity index (χ0v) is 26.7. The molecule has 2 N–H and O–H groups in total. The lowest BCUT2D eigenvalue weighted by molar-refractivity contribution is 0.262. The minimum atomic E-state index is -0.322. The highest BCUT2D eigenvalue weighted by Gasteiger charge is 2.37. The van der Waals surface area contributed by atoms with Crippen molar-refractivity contribution in [2.75, 3.05) is 22.1 Å². The average molecular weight is 597 g/mol. The Bertz CT molecular complexity index is 1950. The maximum absolute atomic E-state index is 13.6. The minimum Gasteiger partial charge on any atom is -0.364 e. The second-order valence-corrected chi connectivity index (χ2v) is 13.1. The molecule has 7 nitrogen and oxygen atoms in total. The van der Waals surface area contributed by atoms with E-state index < -0.39 is 0 Å². The van der Waals surface area contributed by atoms with Crippen LogP contribution in [0.1, 0.15) is 69.5 Å². The van der Waals surface area contributed by atoms with Gasteiger partial charge in [0.05, 0.1) is 29.3 Å². The van der Waals surface area contributed by atoms with Crippen molar-refractivity contribution in [3.8, 4) is 5.69 Å². The van der Waals surface area contributed by atoms with Gasteiger partial charge in [0, 0.05) is 40.4 Å². The summed E-state index contributed by atoms with van der Waals surface area (Å²) in [6, 6.07) is 27.4. The number of pyridine rings is 1. The topological polar surface area (TPSA) is 75.1 Å². The van der Waals surface area contributed by atoms with Gasteiger partial charge in [-0.25, -0.2) is 9.48 Å². The van der Waals surface area contributed by atoms with Gasteiger partial charge in [-0.3, -0.25) is 10.3 Å². The molecule has 0 radical (unpaired) electrons. The van der Waals surface area contributed by atoms with E-state index in [4.69, 9.17) is 5.10 Å². The lowest BCUT2D eigenvalue weighted by atomic mass is 9.81. The largest absolute Gasteiger partial charge is 0.364 e. The predicted molar refractivity (Wildman–Crippen MR) is 185 cm³/mol. The molecular formula is C38H40N6O. The first-order valence-electron chi connectivity index (χ1n) is 16.0. The lowest BCUT2D eigenvalue weighted by Crippen LogP contribution is -2.32. The van der Waals surface area contributed by atoms with E-state index in [1.807, 2.05) is 31.2 Å².